The molecule has 0 radical (unpaired) electrons. The van der Waals surface area contributed by atoms with Gasteiger partial charge < -0.3 is 5.32 Å². The fourth-order valence-corrected chi connectivity index (χ4v) is 2.83. The topological polar surface area (TPSA) is 46.0 Å². The van der Waals surface area contributed by atoms with Crippen LogP contribution in [0.2, 0.25) is 0 Å². The first kappa shape index (κ1) is 13.7. The molecule has 5 nitrogen and oxygen atoms in total. The van der Waals surface area contributed by atoms with Crippen LogP contribution >= 0.6 is 15.9 Å². The normalized spacial score (nSPS) is 16.5. The van der Waals surface area contributed by atoms with E-state index in [1.165, 1.54) is 0 Å². The lowest BCUT2D eigenvalue weighted by Crippen LogP contribution is -2.43. The summed E-state index contributed by atoms with van der Waals surface area (Å²) in [5, 5.41) is 12.0. The van der Waals surface area contributed by atoms with Crippen LogP contribution in [0.4, 0.5) is 0 Å². The Kier molecular flexibility index (Phi) is 4.14. The van der Waals surface area contributed by atoms with Crippen molar-refractivity contribution in [1.82, 2.24) is 25.2 Å². The average molecular weight is 336 g/mol. The highest BCUT2D eigenvalue weighted by molar-refractivity contribution is 9.10. The Balaban J connectivity index is 1.81. The molecule has 1 saturated heterocycles. The summed E-state index contributed by atoms with van der Waals surface area (Å²) in [7, 11) is 0. The van der Waals surface area contributed by atoms with Gasteiger partial charge in [-0.05, 0) is 25.1 Å². The van der Waals surface area contributed by atoms with Crippen LogP contribution in [0.1, 0.15) is 11.4 Å². The molecule has 0 aliphatic carbocycles. The molecular weight excluding hydrogens is 318 g/mol. The molecule has 2 aromatic rings. The Bertz CT molecular complexity index is 589. The Morgan fingerprint density at radius 1 is 1.30 bits per heavy atom. The van der Waals surface area contributed by atoms with E-state index in [-0.39, 0.29) is 0 Å². The number of nitrogens with zero attached hydrogens (tertiary/aromatic N) is 4. The van der Waals surface area contributed by atoms with E-state index in [4.69, 9.17) is 0 Å². The Hall–Kier alpha value is -1.24. The van der Waals surface area contributed by atoms with Gasteiger partial charge in [-0.2, -0.15) is 0 Å². The second-order valence-electron chi connectivity index (χ2n) is 5.04. The quantitative estimate of drug-likeness (QED) is 0.928. The number of nitrogens with one attached hydrogen (secondary N) is 1. The molecule has 0 spiro atoms. The number of hydrogen-bond acceptors (Lipinski definition) is 4. The molecule has 0 bridgehead atoms. The fourth-order valence-electron chi connectivity index (χ4n) is 2.44. The van der Waals surface area contributed by atoms with Crippen LogP contribution in [0, 0.1) is 6.92 Å². The van der Waals surface area contributed by atoms with Gasteiger partial charge in [-0.3, -0.25) is 4.90 Å². The van der Waals surface area contributed by atoms with Gasteiger partial charge in [0.05, 0.1) is 11.4 Å². The second-order valence-corrected chi connectivity index (χ2v) is 5.96. The van der Waals surface area contributed by atoms with Gasteiger partial charge >= 0.3 is 0 Å². The summed E-state index contributed by atoms with van der Waals surface area (Å²) < 4.78 is 2.95. The smallest absolute Gasteiger partial charge is 0.100 e. The van der Waals surface area contributed by atoms with Crippen LogP contribution in [0.25, 0.3) is 5.69 Å². The van der Waals surface area contributed by atoms with Crippen LogP contribution in [0.15, 0.2) is 28.7 Å². The highest BCUT2D eigenvalue weighted by atomic mass is 79.9. The molecule has 2 heterocycles. The van der Waals surface area contributed by atoms with E-state index in [0.29, 0.717) is 0 Å². The summed E-state index contributed by atoms with van der Waals surface area (Å²) in [4.78, 5) is 2.42. The monoisotopic (exact) mass is 335 g/mol. The highest BCUT2D eigenvalue weighted by Crippen LogP contribution is 2.18. The lowest BCUT2D eigenvalue weighted by Gasteiger charge is -2.26. The van der Waals surface area contributed by atoms with Gasteiger partial charge in [0.15, 0.2) is 0 Å². The van der Waals surface area contributed by atoms with Gasteiger partial charge in [-0.1, -0.05) is 27.2 Å². The molecule has 6 heteroatoms. The zero-order valence-corrected chi connectivity index (χ0v) is 13.1. The molecule has 20 heavy (non-hydrogen) atoms. The van der Waals surface area contributed by atoms with Crippen molar-refractivity contribution in [1.29, 1.82) is 0 Å². The van der Waals surface area contributed by atoms with Crippen LogP contribution in [-0.4, -0.2) is 46.1 Å². The first-order valence-corrected chi connectivity index (χ1v) is 7.63. The summed E-state index contributed by atoms with van der Waals surface area (Å²) in [5.74, 6) is 0. The molecule has 1 aromatic heterocycles. The van der Waals surface area contributed by atoms with Crippen LogP contribution < -0.4 is 5.32 Å². The lowest BCUT2D eigenvalue weighted by molar-refractivity contribution is 0.230. The van der Waals surface area contributed by atoms with Gasteiger partial charge in [-0.15, -0.1) is 5.10 Å². The number of benzene rings is 1. The largest absolute Gasteiger partial charge is 0.314 e. The van der Waals surface area contributed by atoms with E-state index in [1.54, 1.807) is 0 Å². The van der Waals surface area contributed by atoms with Crippen molar-refractivity contribution in [3.63, 3.8) is 0 Å². The van der Waals surface area contributed by atoms with Gasteiger partial charge in [0.25, 0.3) is 0 Å². The predicted molar refractivity (Wildman–Crippen MR) is 81.9 cm³/mol. The standard InChI is InChI=1S/C14H18BrN5/c1-11-14(10-19-7-5-16-6-8-19)17-18-20(11)13-4-2-3-12(15)9-13/h2-4,9,16H,5-8,10H2,1H3. The Labute approximate surface area is 127 Å². The van der Waals surface area contributed by atoms with E-state index in [2.05, 4.69) is 49.4 Å². The maximum Gasteiger partial charge on any atom is 0.100 e. The fraction of sp³-hybridized carbons (Fsp3) is 0.429. The van der Waals surface area contributed by atoms with E-state index in [0.717, 1.165) is 54.3 Å². The van der Waals surface area contributed by atoms with Gasteiger partial charge in [0, 0.05) is 37.2 Å². The molecule has 1 aromatic carbocycles. The number of halogens is 1. The first-order chi connectivity index (χ1) is 9.74. The maximum atomic E-state index is 4.35. The van der Waals surface area contributed by atoms with Crippen molar-refractivity contribution in [2.75, 3.05) is 26.2 Å². The molecule has 3 rings (SSSR count). The van der Waals surface area contributed by atoms with Crippen molar-refractivity contribution >= 4 is 15.9 Å². The maximum absolute atomic E-state index is 4.35. The third-order valence-electron chi connectivity index (χ3n) is 3.63. The Morgan fingerprint density at radius 2 is 2.10 bits per heavy atom. The summed E-state index contributed by atoms with van der Waals surface area (Å²) in [6, 6.07) is 8.12. The minimum absolute atomic E-state index is 0.877. The predicted octanol–water partition coefficient (Wildman–Crippen LogP) is 1.74. The molecule has 1 fully saturated rings. The number of piperazine rings is 1. The molecule has 0 saturated carbocycles. The van der Waals surface area contributed by atoms with Crippen LogP contribution in [0.5, 0.6) is 0 Å². The zero-order valence-electron chi connectivity index (χ0n) is 11.5. The lowest BCUT2D eigenvalue weighted by atomic mass is 10.2. The van der Waals surface area contributed by atoms with Gasteiger partial charge in [0.2, 0.25) is 0 Å². The minimum Gasteiger partial charge on any atom is -0.314 e. The van der Waals surface area contributed by atoms with Gasteiger partial charge in [0.1, 0.15) is 5.69 Å². The van der Waals surface area contributed by atoms with E-state index < -0.39 is 0 Å². The summed E-state index contributed by atoms with van der Waals surface area (Å²) in [5.41, 5.74) is 3.21. The molecule has 0 amide bonds. The molecule has 0 atom stereocenters. The molecular formula is C14H18BrN5. The SMILES string of the molecule is Cc1c(CN2CCNCC2)nnn1-c1cccc(Br)c1. The first-order valence-electron chi connectivity index (χ1n) is 6.84. The number of aromatic nitrogens is 3. The summed E-state index contributed by atoms with van der Waals surface area (Å²) in [6.45, 7) is 7.21. The summed E-state index contributed by atoms with van der Waals surface area (Å²) in [6.07, 6.45) is 0. The van der Waals surface area contributed by atoms with E-state index in [9.17, 15) is 0 Å². The number of rotatable bonds is 3. The molecule has 1 aliphatic rings. The van der Waals surface area contributed by atoms with Crippen molar-refractivity contribution in [3.8, 4) is 5.69 Å². The van der Waals surface area contributed by atoms with Crippen molar-refractivity contribution in [2.24, 2.45) is 0 Å². The molecule has 1 N–H and O–H groups in total. The van der Waals surface area contributed by atoms with Gasteiger partial charge in [-0.25, -0.2) is 4.68 Å². The molecule has 1 aliphatic heterocycles. The zero-order chi connectivity index (χ0) is 13.9. The molecule has 0 unspecified atom stereocenters. The minimum atomic E-state index is 0.877. The third-order valence-corrected chi connectivity index (χ3v) is 4.12. The number of hydrogen-bond donors (Lipinski definition) is 1. The van der Waals surface area contributed by atoms with E-state index in [1.807, 2.05) is 22.9 Å². The van der Waals surface area contributed by atoms with Crippen molar-refractivity contribution < 1.29 is 0 Å². The molecule has 106 valence electrons. The van der Waals surface area contributed by atoms with Crippen molar-refractivity contribution in [2.45, 2.75) is 13.5 Å². The van der Waals surface area contributed by atoms with Crippen LogP contribution in [0.3, 0.4) is 0 Å². The van der Waals surface area contributed by atoms with Crippen molar-refractivity contribution in [3.05, 3.63) is 40.1 Å². The van der Waals surface area contributed by atoms with E-state index >= 15 is 0 Å². The summed E-state index contributed by atoms with van der Waals surface area (Å²) >= 11 is 3.49. The Morgan fingerprint density at radius 3 is 2.85 bits per heavy atom. The average Bonchev–Trinajstić information content (AvgIpc) is 2.81. The second kappa shape index (κ2) is 6.03. The highest BCUT2D eigenvalue weighted by Gasteiger charge is 2.15. The third kappa shape index (κ3) is 2.92. The van der Waals surface area contributed by atoms with Crippen LogP contribution in [-0.2, 0) is 6.54 Å².